The second kappa shape index (κ2) is 7.39. The molecule has 27 heavy (non-hydrogen) atoms. The molecule has 2 N–H and O–H groups in total. The highest BCUT2D eigenvalue weighted by atomic mass is 35.5. The number of halogens is 1. The summed E-state index contributed by atoms with van der Waals surface area (Å²) in [5.41, 5.74) is 1.38. The molecule has 8 heteroatoms. The maximum absolute atomic E-state index is 6.26. The van der Waals surface area contributed by atoms with Crippen molar-refractivity contribution in [2.45, 2.75) is 49.8 Å². The second-order valence-corrected chi connectivity index (χ2v) is 11.3. The number of nitrogens with one attached hydrogen (secondary N) is 2. The number of imidazole rings is 1. The van der Waals surface area contributed by atoms with E-state index >= 15 is 0 Å². The van der Waals surface area contributed by atoms with E-state index in [4.69, 9.17) is 23.8 Å². The SMILES string of the molecule is S=C(NCCSCc1c(Cl)nc2sccn12)NC12CC3CC(CC(C3)C1)C2. The van der Waals surface area contributed by atoms with Gasteiger partial charge >= 0.3 is 0 Å². The van der Waals surface area contributed by atoms with Crippen molar-refractivity contribution in [2.24, 2.45) is 17.8 Å². The van der Waals surface area contributed by atoms with Gasteiger partial charge in [0.25, 0.3) is 0 Å². The molecule has 2 heterocycles. The Kier molecular flexibility index (Phi) is 5.07. The van der Waals surface area contributed by atoms with Gasteiger partial charge in [-0.2, -0.15) is 11.8 Å². The molecular weight excluding hydrogens is 416 g/mol. The van der Waals surface area contributed by atoms with Gasteiger partial charge in [-0.05, 0) is 68.5 Å². The summed E-state index contributed by atoms with van der Waals surface area (Å²) in [4.78, 5) is 5.36. The molecule has 0 spiro atoms. The number of fused-ring (bicyclic) bond motifs is 1. The number of thiazole rings is 1. The van der Waals surface area contributed by atoms with Gasteiger partial charge in [0, 0.05) is 35.2 Å². The quantitative estimate of drug-likeness (QED) is 0.502. The molecule has 0 unspecified atom stereocenters. The lowest BCUT2D eigenvalue weighted by atomic mass is 9.53. The fraction of sp³-hybridized carbons (Fsp3) is 0.684. The summed E-state index contributed by atoms with van der Waals surface area (Å²) in [5.74, 6) is 4.69. The third-order valence-corrected chi connectivity index (χ3v) is 8.78. The first-order valence-electron chi connectivity index (χ1n) is 9.84. The van der Waals surface area contributed by atoms with Crippen LogP contribution in [0.4, 0.5) is 0 Å². The smallest absolute Gasteiger partial charge is 0.195 e. The van der Waals surface area contributed by atoms with Gasteiger partial charge in [-0.1, -0.05) is 11.6 Å². The topological polar surface area (TPSA) is 41.4 Å². The lowest BCUT2D eigenvalue weighted by Gasteiger charge is -2.57. The number of nitrogens with zero attached hydrogens (tertiary/aromatic N) is 2. The lowest BCUT2D eigenvalue weighted by molar-refractivity contribution is -0.0101. The summed E-state index contributed by atoms with van der Waals surface area (Å²) in [5, 5.41) is 10.7. The van der Waals surface area contributed by atoms with E-state index in [1.54, 1.807) is 11.3 Å². The van der Waals surface area contributed by atoms with E-state index in [0.717, 1.165) is 51.6 Å². The van der Waals surface area contributed by atoms with Gasteiger partial charge < -0.3 is 10.6 Å². The zero-order chi connectivity index (χ0) is 18.4. The molecular formula is C19H25ClN4S3. The molecule has 0 saturated heterocycles. The minimum absolute atomic E-state index is 0.293. The van der Waals surface area contributed by atoms with Gasteiger partial charge in [0.15, 0.2) is 15.2 Å². The predicted octanol–water partition coefficient (Wildman–Crippen LogP) is 4.72. The van der Waals surface area contributed by atoms with E-state index < -0.39 is 0 Å². The number of thioether (sulfide) groups is 1. The number of thiocarbonyl (C=S) groups is 1. The molecule has 2 aromatic heterocycles. The Balaban J connectivity index is 1.07. The zero-order valence-corrected chi connectivity index (χ0v) is 18.5. The monoisotopic (exact) mass is 440 g/mol. The number of aromatic nitrogens is 2. The van der Waals surface area contributed by atoms with Gasteiger partial charge in [0.05, 0.1) is 5.69 Å². The van der Waals surface area contributed by atoms with Crippen molar-refractivity contribution >= 4 is 57.0 Å². The van der Waals surface area contributed by atoms with Crippen LogP contribution in [0.25, 0.3) is 4.96 Å². The van der Waals surface area contributed by atoms with Crippen LogP contribution in [0, 0.1) is 17.8 Å². The molecule has 2 aromatic rings. The van der Waals surface area contributed by atoms with Crippen LogP contribution in [0.1, 0.15) is 44.2 Å². The summed E-state index contributed by atoms with van der Waals surface area (Å²) >= 11 is 15.4. The highest BCUT2D eigenvalue weighted by Crippen LogP contribution is 2.55. The van der Waals surface area contributed by atoms with Gasteiger partial charge in [0.2, 0.25) is 0 Å². The molecule has 0 radical (unpaired) electrons. The average molecular weight is 441 g/mol. The van der Waals surface area contributed by atoms with E-state index in [2.05, 4.69) is 20.0 Å². The summed E-state index contributed by atoms with van der Waals surface area (Å²) in [6.45, 7) is 0.881. The van der Waals surface area contributed by atoms with Crippen molar-refractivity contribution in [1.82, 2.24) is 20.0 Å². The molecule has 6 rings (SSSR count). The summed E-state index contributed by atoms with van der Waals surface area (Å²) < 4.78 is 2.09. The van der Waals surface area contributed by atoms with Gasteiger partial charge in [-0.15, -0.1) is 11.3 Å². The van der Waals surface area contributed by atoms with Crippen LogP contribution < -0.4 is 10.6 Å². The molecule has 4 bridgehead atoms. The van der Waals surface area contributed by atoms with Crippen molar-refractivity contribution < 1.29 is 0 Å². The average Bonchev–Trinajstić information content (AvgIpc) is 3.14. The Morgan fingerprint density at radius 1 is 1.30 bits per heavy atom. The van der Waals surface area contributed by atoms with Crippen LogP contribution >= 0.6 is 46.9 Å². The summed E-state index contributed by atoms with van der Waals surface area (Å²) in [6, 6.07) is 0. The molecule has 0 atom stereocenters. The molecule has 0 amide bonds. The third-order valence-electron chi connectivity index (χ3n) is 6.50. The molecule has 0 aliphatic heterocycles. The maximum atomic E-state index is 6.26. The maximum Gasteiger partial charge on any atom is 0.195 e. The van der Waals surface area contributed by atoms with Gasteiger partial charge in [-0.25, -0.2) is 4.98 Å². The van der Waals surface area contributed by atoms with Crippen LogP contribution in [-0.4, -0.2) is 32.3 Å². The number of hydrogen-bond donors (Lipinski definition) is 2. The molecule has 4 aliphatic rings. The van der Waals surface area contributed by atoms with Crippen LogP contribution in [0.2, 0.25) is 5.15 Å². The van der Waals surface area contributed by atoms with Crippen molar-refractivity contribution in [3.63, 3.8) is 0 Å². The largest absolute Gasteiger partial charge is 0.362 e. The van der Waals surface area contributed by atoms with Crippen LogP contribution in [-0.2, 0) is 5.75 Å². The molecule has 0 aromatic carbocycles. The Labute approximate surface area is 178 Å². The molecule has 4 aliphatic carbocycles. The normalized spacial score (nSPS) is 31.5. The Bertz CT molecular complexity index is 810. The third kappa shape index (κ3) is 3.72. The molecule has 4 saturated carbocycles. The van der Waals surface area contributed by atoms with Crippen molar-refractivity contribution in [2.75, 3.05) is 12.3 Å². The number of rotatable bonds is 6. The fourth-order valence-corrected chi connectivity index (χ4v) is 8.17. The van der Waals surface area contributed by atoms with E-state index in [1.807, 2.05) is 23.3 Å². The first-order chi connectivity index (χ1) is 13.1. The minimum atomic E-state index is 0.293. The van der Waals surface area contributed by atoms with Gasteiger partial charge in [-0.3, -0.25) is 4.40 Å². The minimum Gasteiger partial charge on any atom is -0.362 e. The van der Waals surface area contributed by atoms with Crippen molar-refractivity contribution in [3.8, 4) is 0 Å². The standard InChI is InChI=1S/C19H25ClN4S3/c20-16-15(24-2-4-27-18(24)22-16)11-26-3-1-21-17(25)23-19-8-12-5-13(9-19)7-14(6-12)10-19/h2,4,12-14H,1,3,5-11H2,(H2,21,23,25). The predicted molar refractivity (Wildman–Crippen MR) is 119 cm³/mol. The van der Waals surface area contributed by atoms with Crippen LogP contribution in [0.3, 0.4) is 0 Å². The van der Waals surface area contributed by atoms with E-state index in [-0.39, 0.29) is 0 Å². The highest BCUT2D eigenvalue weighted by molar-refractivity contribution is 7.98. The Hall–Kier alpha value is -0.500. The van der Waals surface area contributed by atoms with Crippen molar-refractivity contribution in [3.05, 3.63) is 22.4 Å². The fourth-order valence-electron chi connectivity index (χ4n) is 5.89. The lowest BCUT2D eigenvalue weighted by Crippen LogP contribution is -2.61. The van der Waals surface area contributed by atoms with E-state index in [0.29, 0.717) is 10.7 Å². The molecule has 146 valence electrons. The first-order valence-corrected chi connectivity index (χ1v) is 12.7. The van der Waals surface area contributed by atoms with Gasteiger partial charge in [0.1, 0.15) is 0 Å². The highest BCUT2D eigenvalue weighted by Gasteiger charge is 2.51. The zero-order valence-electron chi connectivity index (χ0n) is 15.2. The second-order valence-electron chi connectivity index (χ2n) is 8.54. The Morgan fingerprint density at radius 2 is 2.00 bits per heavy atom. The van der Waals surface area contributed by atoms with Crippen LogP contribution in [0.15, 0.2) is 11.6 Å². The Morgan fingerprint density at radius 3 is 2.70 bits per heavy atom. The number of hydrogen-bond acceptors (Lipinski definition) is 4. The van der Waals surface area contributed by atoms with E-state index in [9.17, 15) is 0 Å². The first kappa shape index (κ1) is 18.5. The van der Waals surface area contributed by atoms with Crippen molar-refractivity contribution in [1.29, 1.82) is 0 Å². The summed E-state index contributed by atoms with van der Waals surface area (Å²) in [7, 11) is 0. The molecule has 4 fully saturated rings. The van der Waals surface area contributed by atoms with E-state index in [1.165, 1.54) is 38.5 Å². The summed E-state index contributed by atoms with van der Waals surface area (Å²) in [6.07, 6.45) is 10.4. The van der Waals surface area contributed by atoms with Crippen LogP contribution in [0.5, 0.6) is 0 Å². The molecule has 4 nitrogen and oxygen atoms in total.